The van der Waals surface area contributed by atoms with Crippen molar-refractivity contribution in [3.8, 4) is 11.5 Å². The van der Waals surface area contributed by atoms with Crippen LogP contribution >= 0.6 is 0 Å². The van der Waals surface area contributed by atoms with Crippen molar-refractivity contribution in [1.29, 1.82) is 0 Å². The first-order chi connectivity index (χ1) is 12.7. The van der Waals surface area contributed by atoms with E-state index < -0.39 is 6.10 Å². The smallest absolute Gasteiger partial charge is 0.255 e. The Morgan fingerprint density at radius 3 is 2.77 bits per heavy atom. The van der Waals surface area contributed by atoms with Crippen LogP contribution in [0, 0.1) is 5.92 Å². The minimum atomic E-state index is -0.564. The summed E-state index contributed by atoms with van der Waals surface area (Å²) in [5, 5.41) is 13.1. The average molecular weight is 362 g/mol. The lowest BCUT2D eigenvalue weighted by molar-refractivity contribution is 0.0827. The third-order valence-electron chi connectivity index (χ3n) is 5.02. The van der Waals surface area contributed by atoms with Gasteiger partial charge in [-0.1, -0.05) is 6.42 Å². The van der Waals surface area contributed by atoms with Crippen LogP contribution in [0.15, 0.2) is 18.2 Å². The van der Waals surface area contributed by atoms with Gasteiger partial charge in [0.05, 0.1) is 25.4 Å². The summed E-state index contributed by atoms with van der Waals surface area (Å²) < 4.78 is 11.1. The van der Waals surface area contributed by atoms with E-state index in [1.807, 2.05) is 0 Å². The molecule has 0 unspecified atom stereocenters. The van der Waals surface area contributed by atoms with E-state index in [0.29, 0.717) is 36.1 Å². The fraction of sp³-hybridized carbons (Fsp3) is 0.650. The second-order valence-corrected chi connectivity index (χ2v) is 7.34. The first-order valence-electron chi connectivity index (χ1n) is 9.65. The Morgan fingerprint density at radius 2 is 2.08 bits per heavy atom. The van der Waals surface area contributed by atoms with E-state index >= 15 is 0 Å². The highest BCUT2D eigenvalue weighted by atomic mass is 16.5. The van der Waals surface area contributed by atoms with E-state index in [1.165, 1.54) is 32.1 Å². The Hall–Kier alpha value is -1.79. The van der Waals surface area contributed by atoms with E-state index in [-0.39, 0.29) is 12.5 Å². The number of aliphatic hydroxyl groups excluding tert-OH is 1. The highest BCUT2D eigenvalue weighted by molar-refractivity contribution is 5.97. The second-order valence-electron chi connectivity index (χ2n) is 7.34. The molecule has 2 N–H and O–H groups in total. The van der Waals surface area contributed by atoms with Crippen LogP contribution in [0.25, 0.3) is 0 Å². The van der Waals surface area contributed by atoms with Crippen molar-refractivity contribution in [2.45, 2.75) is 38.2 Å². The number of hydrogen-bond donors (Lipinski definition) is 2. The zero-order chi connectivity index (χ0) is 18.4. The zero-order valence-electron chi connectivity index (χ0n) is 15.6. The molecule has 1 aromatic carbocycles. The van der Waals surface area contributed by atoms with Crippen molar-refractivity contribution in [3.05, 3.63) is 23.8 Å². The van der Waals surface area contributed by atoms with Gasteiger partial charge in [-0.25, -0.2) is 0 Å². The molecule has 1 saturated carbocycles. The number of benzene rings is 1. The van der Waals surface area contributed by atoms with Gasteiger partial charge in [0.1, 0.15) is 11.5 Å². The van der Waals surface area contributed by atoms with Crippen LogP contribution in [0.1, 0.15) is 42.5 Å². The van der Waals surface area contributed by atoms with Crippen molar-refractivity contribution >= 4 is 5.91 Å². The molecule has 1 aromatic rings. The number of aliphatic hydroxyl groups is 1. The zero-order valence-corrected chi connectivity index (χ0v) is 15.6. The van der Waals surface area contributed by atoms with Crippen LogP contribution in [0.2, 0.25) is 0 Å². The lowest BCUT2D eigenvalue weighted by atomic mass is 10.1. The number of rotatable bonds is 9. The molecule has 2 fully saturated rings. The molecule has 1 aliphatic carbocycles. The lowest BCUT2D eigenvalue weighted by Crippen LogP contribution is -2.42. The van der Waals surface area contributed by atoms with Crippen molar-refractivity contribution in [2.24, 2.45) is 5.92 Å². The SMILES string of the molecule is COc1ccc(C(=O)NC[C@H](O)CN2CCCCC2)c(OCC2CC2)c1. The highest BCUT2D eigenvalue weighted by Gasteiger charge is 2.23. The number of methoxy groups -OCH3 is 1. The Bertz CT molecular complexity index is 597. The second kappa shape index (κ2) is 9.24. The largest absolute Gasteiger partial charge is 0.497 e. The molecule has 1 saturated heterocycles. The van der Waals surface area contributed by atoms with Crippen LogP contribution in [0.3, 0.4) is 0 Å². The summed E-state index contributed by atoms with van der Waals surface area (Å²) in [5.74, 6) is 1.58. The summed E-state index contributed by atoms with van der Waals surface area (Å²) in [4.78, 5) is 14.8. The number of carbonyl (C=O) groups is 1. The van der Waals surface area contributed by atoms with E-state index in [2.05, 4.69) is 10.2 Å². The maximum atomic E-state index is 12.6. The molecule has 0 bridgehead atoms. The number of nitrogens with one attached hydrogen (secondary N) is 1. The van der Waals surface area contributed by atoms with Crippen LogP contribution in [-0.4, -0.2) is 61.9 Å². The van der Waals surface area contributed by atoms with E-state index in [4.69, 9.17) is 9.47 Å². The van der Waals surface area contributed by atoms with Gasteiger partial charge >= 0.3 is 0 Å². The molecule has 3 rings (SSSR count). The van der Waals surface area contributed by atoms with Crippen molar-refractivity contribution in [2.75, 3.05) is 39.9 Å². The number of likely N-dealkylation sites (tertiary alicyclic amines) is 1. The Balaban J connectivity index is 1.53. The standard InChI is InChI=1S/C20H30N2O4/c1-25-17-7-8-18(19(11-17)26-14-15-5-6-15)20(24)21-12-16(23)13-22-9-3-2-4-10-22/h7-8,11,15-16,23H,2-6,9-10,12-14H2,1H3,(H,21,24)/t16-/m0/s1. The summed E-state index contributed by atoms with van der Waals surface area (Å²) >= 11 is 0. The molecule has 144 valence electrons. The molecule has 6 nitrogen and oxygen atoms in total. The molecule has 0 radical (unpaired) electrons. The van der Waals surface area contributed by atoms with Gasteiger partial charge in [-0.15, -0.1) is 0 Å². The molecule has 6 heteroatoms. The van der Waals surface area contributed by atoms with Gasteiger partial charge in [0.25, 0.3) is 5.91 Å². The third kappa shape index (κ3) is 5.61. The number of ether oxygens (including phenoxy) is 2. The minimum absolute atomic E-state index is 0.226. The third-order valence-corrected chi connectivity index (χ3v) is 5.02. The first kappa shape index (κ1) is 19.0. The Kier molecular flexibility index (Phi) is 6.74. The predicted octanol–water partition coefficient (Wildman–Crippen LogP) is 2.06. The Labute approximate surface area is 155 Å². The molecule has 0 spiro atoms. The van der Waals surface area contributed by atoms with Gasteiger partial charge in [-0.3, -0.25) is 4.79 Å². The maximum absolute atomic E-state index is 12.6. The van der Waals surface area contributed by atoms with Gasteiger partial charge in [0.15, 0.2) is 0 Å². The predicted molar refractivity (Wildman–Crippen MR) is 99.8 cm³/mol. The van der Waals surface area contributed by atoms with E-state index in [1.54, 1.807) is 25.3 Å². The van der Waals surface area contributed by atoms with Crippen molar-refractivity contribution < 1.29 is 19.4 Å². The summed E-state index contributed by atoms with van der Waals surface area (Å²) in [7, 11) is 1.59. The van der Waals surface area contributed by atoms with Gasteiger partial charge in [-0.2, -0.15) is 0 Å². The molecule has 2 aliphatic rings. The van der Waals surface area contributed by atoms with Crippen molar-refractivity contribution in [1.82, 2.24) is 10.2 Å². The molecule has 1 amide bonds. The summed E-state index contributed by atoms with van der Waals surface area (Å²) in [5.41, 5.74) is 0.483. The minimum Gasteiger partial charge on any atom is -0.497 e. The summed E-state index contributed by atoms with van der Waals surface area (Å²) in [6.07, 6.45) is 5.46. The highest BCUT2D eigenvalue weighted by Crippen LogP contribution is 2.31. The van der Waals surface area contributed by atoms with E-state index in [0.717, 1.165) is 13.1 Å². The summed E-state index contributed by atoms with van der Waals surface area (Å²) in [6.45, 7) is 3.54. The van der Waals surface area contributed by atoms with Crippen LogP contribution < -0.4 is 14.8 Å². The number of piperidine rings is 1. The van der Waals surface area contributed by atoms with Gasteiger partial charge in [0, 0.05) is 19.2 Å². The summed E-state index contributed by atoms with van der Waals surface area (Å²) in [6, 6.07) is 5.22. The number of β-amino-alcohol motifs (C(OH)–C–C–N with tert-alkyl or cyclic N) is 1. The molecule has 0 aromatic heterocycles. The number of nitrogens with zero attached hydrogens (tertiary/aromatic N) is 1. The molecule has 1 atom stereocenters. The number of amides is 1. The van der Waals surface area contributed by atoms with Crippen LogP contribution in [0.4, 0.5) is 0 Å². The lowest BCUT2D eigenvalue weighted by Gasteiger charge is -2.28. The monoisotopic (exact) mass is 362 g/mol. The fourth-order valence-electron chi connectivity index (χ4n) is 3.24. The van der Waals surface area contributed by atoms with Crippen LogP contribution in [-0.2, 0) is 0 Å². The average Bonchev–Trinajstić information content (AvgIpc) is 3.49. The normalized spacial score (nSPS) is 19.0. The molecular weight excluding hydrogens is 332 g/mol. The maximum Gasteiger partial charge on any atom is 0.255 e. The van der Waals surface area contributed by atoms with Gasteiger partial charge in [0.2, 0.25) is 0 Å². The topological polar surface area (TPSA) is 71.0 Å². The van der Waals surface area contributed by atoms with E-state index in [9.17, 15) is 9.90 Å². The fourth-order valence-corrected chi connectivity index (χ4v) is 3.24. The molecular formula is C20H30N2O4. The molecule has 1 aliphatic heterocycles. The Morgan fingerprint density at radius 1 is 1.31 bits per heavy atom. The quantitative estimate of drug-likeness (QED) is 0.704. The van der Waals surface area contributed by atoms with Crippen LogP contribution in [0.5, 0.6) is 11.5 Å². The number of hydrogen-bond acceptors (Lipinski definition) is 5. The molecule has 1 heterocycles. The first-order valence-corrected chi connectivity index (χ1v) is 9.65. The van der Waals surface area contributed by atoms with Crippen molar-refractivity contribution in [3.63, 3.8) is 0 Å². The number of carbonyl (C=O) groups excluding carboxylic acids is 1. The van der Waals surface area contributed by atoms with Gasteiger partial charge < -0.3 is 24.8 Å². The molecule has 26 heavy (non-hydrogen) atoms. The van der Waals surface area contributed by atoms with Gasteiger partial charge in [-0.05, 0) is 56.8 Å².